The summed E-state index contributed by atoms with van der Waals surface area (Å²) in [6.07, 6.45) is 6.02. The van der Waals surface area contributed by atoms with Crippen molar-refractivity contribution in [1.29, 1.82) is 0 Å². The van der Waals surface area contributed by atoms with E-state index in [1.807, 2.05) is 7.05 Å². The highest BCUT2D eigenvalue weighted by atomic mass is 16.5. The second-order valence-electron chi connectivity index (χ2n) is 8.69. The first-order valence-electron chi connectivity index (χ1n) is 11.1. The van der Waals surface area contributed by atoms with Crippen LogP contribution in [0.1, 0.15) is 59.9 Å². The van der Waals surface area contributed by atoms with Gasteiger partial charge in [-0.05, 0) is 37.8 Å². The number of imidazole rings is 1. The first-order chi connectivity index (χ1) is 15.5. The van der Waals surface area contributed by atoms with Gasteiger partial charge in [-0.1, -0.05) is 11.6 Å². The van der Waals surface area contributed by atoms with Crippen LogP contribution in [0.5, 0.6) is 0 Å². The molecule has 0 unspecified atom stereocenters. The van der Waals surface area contributed by atoms with E-state index in [0.29, 0.717) is 48.0 Å². The molecule has 1 saturated heterocycles. The van der Waals surface area contributed by atoms with E-state index in [4.69, 9.17) is 14.2 Å². The van der Waals surface area contributed by atoms with Gasteiger partial charge in [-0.3, -0.25) is 9.59 Å². The summed E-state index contributed by atoms with van der Waals surface area (Å²) in [7, 11) is 3.69. The van der Waals surface area contributed by atoms with E-state index in [2.05, 4.69) is 15.0 Å². The largest absolute Gasteiger partial charge is 0.368 e. The van der Waals surface area contributed by atoms with Crippen molar-refractivity contribution >= 4 is 28.5 Å². The molecule has 0 bridgehead atoms. The second kappa shape index (κ2) is 8.38. The van der Waals surface area contributed by atoms with Crippen LogP contribution in [0.25, 0.3) is 11.0 Å². The number of aromatic nitrogens is 3. The number of anilines is 1. The van der Waals surface area contributed by atoms with Crippen molar-refractivity contribution in [2.45, 2.75) is 50.7 Å². The molecule has 5 rings (SSSR count). The molecule has 168 valence electrons. The van der Waals surface area contributed by atoms with Crippen molar-refractivity contribution in [3.63, 3.8) is 0 Å². The lowest BCUT2D eigenvalue weighted by Gasteiger charge is -2.24. The lowest BCUT2D eigenvalue weighted by Crippen LogP contribution is -2.28. The Kier molecular flexibility index (Phi) is 5.42. The van der Waals surface area contributed by atoms with Gasteiger partial charge in [0.05, 0.1) is 23.3 Å². The third-order valence-electron chi connectivity index (χ3n) is 6.44. The molecule has 2 aliphatic rings. The minimum Gasteiger partial charge on any atom is -0.368 e. The molecule has 3 heterocycles. The van der Waals surface area contributed by atoms with Crippen molar-refractivity contribution in [2.75, 3.05) is 19.0 Å². The fourth-order valence-electron chi connectivity index (χ4n) is 4.47. The van der Waals surface area contributed by atoms with Gasteiger partial charge in [-0.25, -0.2) is 4.98 Å². The topological polar surface area (TPSA) is 102 Å². The van der Waals surface area contributed by atoms with Crippen molar-refractivity contribution < 1.29 is 18.8 Å². The molecule has 1 aliphatic carbocycles. The van der Waals surface area contributed by atoms with Crippen LogP contribution in [-0.4, -0.2) is 51.2 Å². The Bertz CT molecular complexity index is 1140. The van der Waals surface area contributed by atoms with Gasteiger partial charge in [0.1, 0.15) is 23.9 Å². The Labute approximate surface area is 185 Å². The molecular weight excluding hydrogens is 410 g/mol. The quantitative estimate of drug-likeness (QED) is 0.635. The average Bonchev–Trinajstić information content (AvgIpc) is 3.49. The molecular formula is C23H27N5O4. The first-order valence-corrected chi connectivity index (χ1v) is 11.1. The highest BCUT2D eigenvalue weighted by Gasteiger charge is 2.29. The number of aryl methyl sites for hydroxylation is 1. The molecule has 1 atom stereocenters. The summed E-state index contributed by atoms with van der Waals surface area (Å²) in [5, 5.41) is 6.89. The normalized spacial score (nSPS) is 18.6. The predicted molar refractivity (Wildman–Crippen MR) is 117 cm³/mol. The standard InChI is InChI=1S/C23H27N5O4/c1-27(13-16-8-10-32-26-16)23(30)15-11-17-20(28(2)21(24-17)14-5-3-6-14)18(12-15)25-22(29)19-7-4-9-31-19/h8,10-12,14,19H,3-7,9,13H2,1-2H3,(H,25,29)/t19-/m1/s1. The zero-order chi connectivity index (χ0) is 22.2. The summed E-state index contributed by atoms with van der Waals surface area (Å²) in [5.41, 5.74) is 3.25. The molecule has 2 fully saturated rings. The van der Waals surface area contributed by atoms with Gasteiger partial charge in [-0.2, -0.15) is 0 Å². The Morgan fingerprint density at radius 1 is 1.25 bits per heavy atom. The molecule has 32 heavy (non-hydrogen) atoms. The molecule has 1 aliphatic heterocycles. The Hall–Kier alpha value is -3.20. The maximum absolute atomic E-state index is 13.2. The van der Waals surface area contributed by atoms with E-state index in [1.165, 1.54) is 12.7 Å². The van der Waals surface area contributed by atoms with Crippen LogP contribution in [0.15, 0.2) is 29.0 Å². The average molecular weight is 438 g/mol. The van der Waals surface area contributed by atoms with Crippen molar-refractivity contribution in [2.24, 2.45) is 7.05 Å². The smallest absolute Gasteiger partial charge is 0.254 e. The number of nitrogens with one attached hydrogen (secondary N) is 1. The number of benzene rings is 1. The Balaban J connectivity index is 1.51. The molecule has 1 aromatic carbocycles. The molecule has 1 N–H and O–H groups in total. The van der Waals surface area contributed by atoms with Crippen LogP contribution in [0.2, 0.25) is 0 Å². The molecule has 9 nitrogen and oxygen atoms in total. The number of rotatable bonds is 6. The van der Waals surface area contributed by atoms with Crippen LogP contribution in [0.3, 0.4) is 0 Å². The third-order valence-corrected chi connectivity index (χ3v) is 6.44. The van der Waals surface area contributed by atoms with E-state index >= 15 is 0 Å². The summed E-state index contributed by atoms with van der Waals surface area (Å²) in [6.45, 7) is 0.914. The van der Waals surface area contributed by atoms with E-state index in [1.54, 1.807) is 30.1 Å². The molecule has 2 aromatic heterocycles. The highest BCUT2D eigenvalue weighted by Crippen LogP contribution is 2.38. The minimum atomic E-state index is -0.460. The van der Waals surface area contributed by atoms with Crippen LogP contribution in [0, 0.1) is 0 Å². The zero-order valence-electron chi connectivity index (χ0n) is 18.3. The van der Waals surface area contributed by atoms with E-state index in [-0.39, 0.29) is 11.8 Å². The number of ether oxygens (including phenoxy) is 1. The summed E-state index contributed by atoms with van der Waals surface area (Å²) in [6, 6.07) is 5.27. The van der Waals surface area contributed by atoms with Crippen molar-refractivity contribution in [3.05, 3.63) is 41.5 Å². The fraction of sp³-hybridized carbons (Fsp3) is 0.478. The van der Waals surface area contributed by atoms with E-state index < -0.39 is 6.10 Å². The van der Waals surface area contributed by atoms with Crippen molar-refractivity contribution in [3.8, 4) is 0 Å². The number of hydrogen-bond donors (Lipinski definition) is 1. The summed E-state index contributed by atoms with van der Waals surface area (Å²) in [4.78, 5) is 32.5. The molecule has 0 radical (unpaired) electrons. The summed E-state index contributed by atoms with van der Waals surface area (Å²) in [5.74, 6) is 1.05. The van der Waals surface area contributed by atoms with Crippen molar-refractivity contribution in [1.82, 2.24) is 19.6 Å². The summed E-state index contributed by atoms with van der Waals surface area (Å²) < 4.78 is 12.5. The maximum Gasteiger partial charge on any atom is 0.254 e. The highest BCUT2D eigenvalue weighted by molar-refractivity contribution is 6.06. The lowest BCUT2D eigenvalue weighted by atomic mass is 9.85. The van der Waals surface area contributed by atoms with Gasteiger partial charge < -0.3 is 24.0 Å². The predicted octanol–water partition coefficient (Wildman–Crippen LogP) is 3.22. The minimum absolute atomic E-state index is 0.182. The fourth-order valence-corrected chi connectivity index (χ4v) is 4.47. The molecule has 2 amide bonds. The van der Waals surface area contributed by atoms with Gasteiger partial charge >= 0.3 is 0 Å². The maximum atomic E-state index is 13.2. The number of carbonyl (C=O) groups excluding carboxylic acids is 2. The number of carbonyl (C=O) groups is 2. The number of nitrogens with zero attached hydrogens (tertiary/aromatic N) is 4. The van der Waals surface area contributed by atoms with Gasteiger partial charge in [-0.15, -0.1) is 0 Å². The molecule has 3 aromatic rings. The Morgan fingerprint density at radius 3 is 2.75 bits per heavy atom. The molecule has 0 spiro atoms. The van der Waals surface area contributed by atoms with Gasteiger partial charge in [0, 0.05) is 38.2 Å². The number of amides is 2. The van der Waals surface area contributed by atoms with Crippen LogP contribution in [-0.2, 0) is 23.1 Å². The van der Waals surface area contributed by atoms with Gasteiger partial charge in [0.25, 0.3) is 11.8 Å². The monoisotopic (exact) mass is 437 g/mol. The summed E-state index contributed by atoms with van der Waals surface area (Å²) >= 11 is 0. The van der Waals surface area contributed by atoms with E-state index in [9.17, 15) is 9.59 Å². The molecule has 1 saturated carbocycles. The van der Waals surface area contributed by atoms with Crippen LogP contribution in [0.4, 0.5) is 5.69 Å². The number of hydrogen-bond acceptors (Lipinski definition) is 6. The lowest BCUT2D eigenvalue weighted by molar-refractivity contribution is -0.124. The number of fused-ring (bicyclic) bond motifs is 1. The zero-order valence-corrected chi connectivity index (χ0v) is 18.3. The SMILES string of the molecule is CN(Cc1ccon1)C(=O)c1cc(NC(=O)[C@H]2CCCO2)c2c(c1)nc(C1CCC1)n2C. The molecule has 9 heteroatoms. The van der Waals surface area contributed by atoms with Gasteiger partial charge in [0.2, 0.25) is 0 Å². The third kappa shape index (κ3) is 3.77. The van der Waals surface area contributed by atoms with E-state index in [0.717, 1.165) is 30.6 Å². The van der Waals surface area contributed by atoms with Crippen LogP contribution >= 0.6 is 0 Å². The Morgan fingerprint density at radius 2 is 2.09 bits per heavy atom. The second-order valence-corrected chi connectivity index (χ2v) is 8.69. The van der Waals surface area contributed by atoms with Crippen LogP contribution < -0.4 is 5.32 Å². The van der Waals surface area contributed by atoms with Gasteiger partial charge in [0.15, 0.2) is 0 Å². The first kappa shape index (κ1) is 20.7.